The highest BCUT2D eigenvalue weighted by Gasteiger charge is 2.16. The molecule has 0 radical (unpaired) electrons. The lowest BCUT2D eigenvalue weighted by atomic mass is 10.0. The third-order valence-corrected chi connectivity index (χ3v) is 3.61. The van der Waals surface area contributed by atoms with Gasteiger partial charge in [-0.25, -0.2) is 4.98 Å². The summed E-state index contributed by atoms with van der Waals surface area (Å²) >= 11 is 1.68. The van der Waals surface area contributed by atoms with E-state index < -0.39 is 0 Å². The summed E-state index contributed by atoms with van der Waals surface area (Å²) < 4.78 is 0. The van der Waals surface area contributed by atoms with Gasteiger partial charge < -0.3 is 5.32 Å². The van der Waals surface area contributed by atoms with Crippen molar-refractivity contribution in [2.24, 2.45) is 0 Å². The number of fused-ring (bicyclic) bond motifs is 2. The van der Waals surface area contributed by atoms with Gasteiger partial charge >= 0.3 is 0 Å². The first-order valence-electron chi connectivity index (χ1n) is 5.18. The Morgan fingerprint density at radius 1 is 1.47 bits per heavy atom. The Hall–Kier alpha value is -1.35. The van der Waals surface area contributed by atoms with Crippen molar-refractivity contribution < 1.29 is 0 Å². The smallest absolute Gasteiger partial charge is 0.116 e. The van der Waals surface area contributed by atoms with Crippen molar-refractivity contribution in [3.8, 4) is 0 Å². The third-order valence-electron chi connectivity index (χ3n) is 2.83. The molecular weight excluding hydrogens is 204 g/mol. The zero-order chi connectivity index (χ0) is 10.3. The van der Waals surface area contributed by atoms with E-state index in [1.807, 2.05) is 5.51 Å². The number of thiazole rings is 1. The minimum atomic E-state index is 0.967. The van der Waals surface area contributed by atoms with Crippen molar-refractivity contribution in [3.05, 3.63) is 40.5 Å². The molecule has 0 saturated heterocycles. The number of rotatable bonds is 1. The molecule has 1 aromatic carbocycles. The van der Waals surface area contributed by atoms with Gasteiger partial charge in [-0.05, 0) is 23.6 Å². The molecule has 0 fully saturated rings. The molecule has 0 saturated carbocycles. The minimum Gasteiger partial charge on any atom is -0.345 e. The molecule has 2 nitrogen and oxygen atoms in total. The Morgan fingerprint density at radius 3 is 3.27 bits per heavy atom. The Labute approximate surface area is 93.0 Å². The molecular formula is C12H12N2S. The van der Waals surface area contributed by atoms with Crippen LogP contribution in [0, 0.1) is 0 Å². The molecule has 3 rings (SSSR count). The van der Waals surface area contributed by atoms with Crippen LogP contribution in [-0.2, 0) is 12.8 Å². The quantitative estimate of drug-likeness (QED) is 0.674. The molecule has 2 aromatic rings. The van der Waals surface area contributed by atoms with Crippen LogP contribution in [0.4, 0.5) is 10.7 Å². The Kier molecular flexibility index (Phi) is 1.99. The zero-order valence-corrected chi connectivity index (χ0v) is 9.40. The molecule has 2 heterocycles. The minimum absolute atomic E-state index is 0.967. The van der Waals surface area contributed by atoms with Crippen LogP contribution in [0.1, 0.15) is 23.7 Å². The first kappa shape index (κ1) is 8.92. The van der Waals surface area contributed by atoms with E-state index in [0.29, 0.717) is 0 Å². The van der Waals surface area contributed by atoms with E-state index in [1.165, 1.54) is 27.5 Å². The van der Waals surface area contributed by atoms with E-state index in [1.54, 1.807) is 11.3 Å². The van der Waals surface area contributed by atoms with Crippen molar-refractivity contribution in [2.75, 3.05) is 5.32 Å². The molecule has 1 aliphatic heterocycles. The topological polar surface area (TPSA) is 24.9 Å². The summed E-state index contributed by atoms with van der Waals surface area (Å²) in [6, 6.07) is 6.65. The highest BCUT2D eigenvalue weighted by Crippen LogP contribution is 2.35. The first-order chi connectivity index (χ1) is 7.36. The summed E-state index contributed by atoms with van der Waals surface area (Å²) in [5, 5.41) is 4.63. The maximum Gasteiger partial charge on any atom is 0.116 e. The largest absolute Gasteiger partial charge is 0.345 e. The fourth-order valence-electron chi connectivity index (χ4n) is 1.93. The summed E-state index contributed by atoms with van der Waals surface area (Å²) in [5.41, 5.74) is 7.09. The molecule has 3 heteroatoms. The molecule has 1 aromatic heterocycles. The van der Waals surface area contributed by atoms with Gasteiger partial charge in [0.15, 0.2) is 0 Å². The van der Waals surface area contributed by atoms with E-state index in [2.05, 4.69) is 35.4 Å². The van der Waals surface area contributed by atoms with Crippen molar-refractivity contribution in [2.45, 2.75) is 19.8 Å². The lowest BCUT2D eigenvalue weighted by Crippen LogP contribution is -2.05. The van der Waals surface area contributed by atoms with Crippen LogP contribution in [0.5, 0.6) is 0 Å². The molecule has 76 valence electrons. The van der Waals surface area contributed by atoms with Crippen LogP contribution in [0.15, 0.2) is 23.7 Å². The summed E-state index contributed by atoms with van der Waals surface area (Å²) in [6.45, 7) is 2.19. The van der Waals surface area contributed by atoms with E-state index >= 15 is 0 Å². The van der Waals surface area contributed by atoms with Crippen molar-refractivity contribution in [1.82, 2.24) is 4.98 Å². The maximum atomic E-state index is 4.37. The van der Waals surface area contributed by atoms with Crippen molar-refractivity contribution >= 4 is 22.0 Å². The van der Waals surface area contributed by atoms with Gasteiger partial charge in [-0.1, -0.05) is 19.1 Å². The number of aromatic nitrogens is 1. The fraction of sp³-hybridized carbons (Fsp3) is 0.250. The molecule has 0 amide bonds. The van der Waals surface area contributed by atoms with Crippen LogP contribution < -0.4 is 5.32 Å². The SMILES string of the molecule is CCc1ccc2c(c1)Cc1ncsc1N2. The van der Waals surface area contributed by atoms with Gasteiger partial charge in [0.2, 0.25) is 0 Å². The molecule has 0 spiro atoms. The number of hydrogen-bond acceptors (Lipinski definition) is 3. The van der Waals surface area contributed by atoms with Crippen LogP contribution in [0.25, 0.3) is 0 Å². The van der Waals surface area contributed by atoms with Gasteiger partial charge in [-0.2, -0.15) is 0 Å². The Balaban J connectivity index is 2.06. The second kappa shape index (κ2) is 3.35. The van der Waals surface area contributed by atoms with Crippen LogP contribution in [0.2, 0.25) is 0 Å². The number of nitrogens with one attached hydrogen (secondary N) is 1. The number of hydrogen-bond donors (Lipinski definition) is 1. The number of nitrogens with zero attached hydrogens (tertiary/aromatic N) is 1. The van der Waals surface area contributed by atoms with Gasteiger partial charge in [0, 0.05) is 12.1 Å². The summed E-state index contributed by atoms with van der Waals surface area (Å²) in [6.07, 6.45) is 2.06. The average Bonchev–Trinajstić information content (AvgIpc) is 2.72. The standard InChI is InChI=1S/C12H12N2S/c1-2-8-3-4-10-9(5-8)6-11-12(14-10)15-7-13-11/h3-5,7,14H,2,6H2,1H3. The van der Waals surface area contributed by atoms with E-state index in [-0.39, 0.29) is 0 Å². The number of anilines is 2. The van der Waals surface area contributed by atoms with Gasteiger partial charge in [0.25, 0.3) is 0 Å². The summed E-state index contributed by atoms with van der Waals surface area (Å²) in [7, 11) is 0. The highest BCUT2D eigenvalue weighted by molar-refractivity contribution is 7.14. The van der Waals surface area contributed by atoms with E-state index in [0.717, 1.165) is 12.8 Å². The molecule has 1 aliphatic rings. The number of aryl methyl sites for hydroxylation is 1. The summed E-state index contributed by atoms with van der Waals surface area (Å²) in [5.74, 6) is 0. The van der Waals surface area contributed by atoms with Crippen molar-refractivity contribution in [3.63, 3.8) is 0 Å². The third kappa shape index (κ3) is 1.43. The Bertz CT molecular complexity index is 502. The number of benzene rings is 1. The molecule has 0 atom stereocenters. The van der Waals surface area contributed by atoms with Crippen LogP contribution >= 0.6 is 11.3 Å². The predicted octanol–water partition coefficient (Wildman–Crippen LogP) is 3.35. The van der Waals surface area contributed by atoms with Gasteiger partial charge in [-0.3, -0.25) is 0 Å². The molecule has 0 aliphatic carbocycles. The molecule has 15 heavy (non-hydrogen) atoms. The van der Waals surface area contributed by atoms with Gasteiger partial charge in [-0.15, -0.1) is 11.3 Å². The van der Waals surface area contributed by atoms with E-state index in [4.69, 9.17) is 0 Å². The second-order valence-electron chi connectivity index (χ2n) is 3.78. The monoisotopic (exact) mass is 216 g/mol. The summed E-state index contributed by atoms with van der Waals surface area (Å²) in [4.78, 5) is 4.37. The predicted molar refractivity (Wildman–Crippen MR) is 64.0 cm³/mol. The lowest BCUT2D eigenvalue weighted by Gasteiger charge is -2.17. The maximum absolute atomic E-state index is 4.37. The molecule has 0 bridgehead atoms. The van der Waals surface area contributed by atoms with Crippen LogP contribution in [-0.4, -0.2) is 4.98 Å². The second-order valence-corrected chi connectivity index (χ2v) is 4.63. The van der Waals surface area contributed by atoms with Gasteiger partial charge in [0.1, 0.15) is 5.00 Å². The zero-order valence-electron chi connectivity index (χ0n) is 8.58. The van der Waals surface area contributed by atoms with E-state index in [9.17, 15) is 0 Å². The molecule has 0 unspecified atom stereocenters. The molecule has 1 N–H and O–H groups in total. The van der Waals surface area contributed by atoms with Crippen molar-refractivity contribution in [1.29, 1.82) is 0 Å². The lowest BCUT2D eigenvalue weighted by molar-refractivity contribution is 1.06. The average molecular weight is 216 g/mol. The normalized spacial score (nSPS) is 12.9. The Morgan fingerprint density at radius 2 is 2.40 bits per heavy atom. The van der Waals surface area contributed by atoms with Crippen LogP contribution in [0.3, 0.4) is 0 Å². The highest BCUT2D eigenvalue weighted by atomic mass is 32.1. The fourth-order valence-corrected chi connectivity index (χ4v) is 2.65. The first-order valence-corrected chi connectivity index (χ1v) is 6.06. The van der Waals surface area contributed by atoms with Gasteiger partial charge in [0.05, 0.1) is 11.2 Å².